The van der Waals surface area contributed by atoms with Crippen LogP contribution < -0.4 is 10.0 Å². The number of sulfonamides is 1. The normalized spacial score (nSPS) is 14.7. The molecule has 2 N–H and O–H groups in total. The summed E-state index contributed by atoms with van der Waals surface area (Å²) in [6.07, 6.45) is 2.49. The van der Waals surface area contributed by atoms with Crippen molar-refractivity contribution in [3.63, 3.8) is 0 Å². The van der Waals surface area contributed by atoms with E-state index >= 15 is 0 Å². The van der Waals surface area contributed by atoms with Crippen LogP contribution >= 0.6 is 11.3 Å². The fraction of sp³-hybridized carbons (Fsp3) is 0.217. The summed E-state index contributed by atoms with van der Waals surface area (Å²) in [5.74, 6) is 0.748. The first-order chi connectivity index (χ1) is 15.5. The predicted octanol–water partition coefficient (Wildman–Crippen LogP) is 3.43. The molecule has 1 aliphatic rings. The number of hydrogen-bond donors (Lipinski definition) is 1. The van der Waals surface area contributed by atoms with Crippen molar-refractivity contribution < 1.29 is 13.2 Å². The van der Waals surface area contributed by atoms with Crippen molar-refractivity contribution in [1.82, 2.24) is 9.97 Å². The molecule has 5 rings (SSSR count). The number of primary sulfonamides is 1. The van der Waals surface area contributed by atoms with Crippen LogP contribution in [0.1, 0.15) is 11.4 Å². The molecule has 0 atom stereocenters. The average molecular weight is 467 g/mol. The Morgan fingerprint density at radius 2 is 1.75 bits per heavy atom. The molecule has 0 bridgehead atoms. The average Bonchev–Trinajstić information content (AvgIpc) is 3.23. The first-order valence-corrected chi connectivity index (χ1v) is 12.7. The zero-order valence-corrected chi connectivity index (χ0v) is 18.9. The highest BCUT2D eigenvalue weighted by atomic mass is 32.2. The minimum atomic E-state index is -3.71. The Hall–Kier alpha value is -2.85. The lowest BCUT2D eigenvalue weighted by atomic mass is 10.1. The van der Waals surface area contributed by atoms with Crippen LogP contribution in [0.2, 0.25) is 0 Å². The predicted molar refractivity (Wildman–Crippen MR) is 127 cm³/mol. The fourth-order valence-electron chi connectivity index (χ4n) is 3.81. The molecule has 4 aromatic rings. The quantitative estimate of drug-likeness (QED) is 0.484. The number of nitrogens with two attached hydrogens (primary N) is 1. The second-order valence-corrected chi connectivity index (χ2v) is 10.1. The van der Waals surface area contributed by atoms with Gasteiger partial charge in [0.05, 0.1) is 28.3 Å². The first-order valence-electron chi connectivity index (χ1n) is 10.3. The summed E-state index contributed by atoms with van der Waals surface area (Å²) in [5.41, 5.74) is 5.07. The van der Waals surface area contributed by atoms with Gasteiger partial charge in [-0.2, -0.15) is 0 Å². The molecular weight excluding hydrogens is 444 g/mol. The van der Waals surface area contributed by atoms with E-state index in [4.69, 9.17) is 14.9 Å². The highest BCUT2D eigenvalue weighted by Gasteiger charge is 2.14. The molecule has 7 nitrogen and oxygen atoms in total. The summed E-state index contributed by atoms with van der Waals surface area (Å²) in [5, 5.41) is 7.23. The highest BCUT2D eigenvalue weighted by molar-refractivity contribution is 7.89. The van der Waals surface area contributed by atoms with Crippen molar-refractivity contribution in [1.29, 1.82) is 0 Å². The number of rotatable bonds is 5. The molecule has 1 fully saturated rings. The lowest BCUT2D eigenvalue weighted by molar-refractivity contribution is 0.122. The van der Waals surface area contributed by atoms with E-state index in [0.29, 0.717) is 6.42 Å². The fourth-order valence-corrected chi connectivity index (χ4v) is 5.20. The smallest absolute Gasteiger partial charge is 0.238 e. The Balaban J connectivity index is 1.39. The van der Waals surface area contributed by atoms with E-state index in [1.165, 1.54) is 17.8 Å². The van der Waals surface area contributed by atoms with Crippen LogP contribution in [0.4, 0.5) is 5.69 Å². The zero-order valence-electron chi connectivity index (χ0n) is 17.3. The van der Waals surface area contributed by atoms with Gasteiger partial charge in [-0.15, -0.1) is 11.3 Å². The van der Waals surface area contributed by atoms with Crippen molar-refractivity contribution in [2.24, 2.45) is 5.14 Å². The molecule has 0 amide bonds. The van der Waals surface area contributed by atoms with Gasteiger partial charge in [0.25, 0.3) is 0 Å². The van der Waals surface area contributed by atoms with Crippen molar-refractivity contribution >= 4 is 37.3 Å². The molecule has 1 saturated heterocycles. The molecule has 0 aliphatic carbocycles. The van der Waals surface area contributed by atoms with Crippen LogP contribution in [-0.4, -0.2) is 44.7 Å². The topological polar surface area (TPSA) is 98.4 Å². The summed E-state index contributed by atoms with van der Waals surface area (Å²) >= 11 is 1.57. The number of thiophene rings is 1. The van der Waals surface area contributed by atoms with Gasteiger partial charge in [-0.05, 0) is 35.4 Å². The van der Waals surface area contributed by atoms with E-state index in [1.807, 2.05) is 11.6 Å². The Morgan fingerprint density at radius 3 is 2.44 bits per heavy atom. The Kier molecular flexibility index (Phi) is 5.64. The molecule has 1 aliphatic heterocycles. The van der Waals surface area contributed by atoms with E-state index < -0.39 is 10.0 Å². The number of aromatic nitrogens is 2. The van der Waals surface area contributed by atoms with Gasteiger partial charge in [0.15, 0.2) is 0 Å². The molecule has 164 valence electrons. The standard InChI is InChI=1S/C23H22N4O3S2/c24-32(28,29)19-7-3-17(4-8-19)20-15-31-21-14-25-22(26-23(20)21)13-16-1-5-18(6-2-16)27-9-11-30-12-10-27/h1-8,14-15H,9-13H2,(H2,24,28,29). The Labute approximate surface area is 190 Å². The van der Waals surface area contributed by atoms with Gasteiger partial charge >= 0.3 is 0 Å². The van der Waals surface area contributed by atoms with E-state index in [1.54, 1.807) is 23.5 Å². The number of fused-ring (bicyclic) bond motifs is 1. The van der Waals surface area contributed by atoms with E-state index in [9.17, 15) is 8.42 Å². The number of benzene rings is 2. The van der Waals surface area contributed by atoms with Crippen LogP contribution in [0.3, 0.4) is 0 Å². The molecular formula is C23H22N4O3S2. The second-order valence-electron chi connectivity index (χ2n) is 7.66. The summed E-state index contributed by atoms with van der Waals surface area (Å²) in [6, 6.07) is 15.1. The maximum absolute atomic E-state index is 11.5. The van der Waals surface area contributed by atoms with Crippen LogP contribution in [0, 0.1) is 0 Å². The maximum atomic E-state index is 11.5. The molecule has 0 spiro atoms. The first kappa shape index (κ1) is 21.0. The van der Waals surface area contributed by atoms with Crippen LogP contribution in [0.15, 0.2) is 65.0 Å². The number of hydrogen-bond acceptors (Lipinski definition) is 7. The zero-order chi connectivity index (χ0) is 22.1. The minimum Gasteiger partial charge on any atom is -0.378 e. The van der Waals surface area contributed by atoms with Crippen molar-refractivity contribution in [3.8, 4) is 11.1 Å². The van der Waals surface area contributed by atoms with Crippen LogP contribution in [-0.2, 0) is 21.2 Å². The van der Waals surface area contributed by atoms with Gasteiger partial charge in [-0.1, -0.05) is 24.3 Å². The molecule has 0 saturated carbocycles. The molecule has 0 radical (unpaired) electrons. The molecule has 2 aromatic heterocycles. The molecule has 9 heteroatoms. The lowest BCUT2D eigenvalue weighted by Gasteiger charge is -2.28. The number of anilines is 1. The summed E-state index contributed by atoms with van der Waals surface area (Å²) in [7, 11) is -3.71. The van der Waals surface area contributed by atoms with E-state index in [0.717, 1.165) is 59.0 Å². The van der Waals surface area contributed by atoms with Crippen molar-refractivity contribution in [2.75, 3.05) is 31.2 Å². The second kappa shape index (κ2) is 8.59. The monoisotopic (exact) mass is 466 g/mol. The molecule has 2 aromatic carbocycles. The van der Waals surface area contributed by atoms with Gasteiger partial charge in [-0.25, -0.2) is 23.5 Å². The lowest BCUT2D eigenvalue weighted by Crippen LogP contribution is -2.36. The Morgan fingerprint density at radius 1 is 1.03 bits per heavy atom. The largest absolute Gasteiger partial charge is 0.378 e. The number of ether oxygens (including phenoxy) is 1. The molecule has 32 heavy (non-hydrogen) atoms. The van der Waals surface area contributed by atoms with Gasteiger partial charge in [0.1, 0.15) is 5.82 Å². The van der Waals surface area contributed by atoms with Crippen LogP contribution in [0.25, 0.3) is 21.3 Å². The SMILES string of the molecule is NS(=O)(=O)c1ccc(-c2csc3cnc(Cc4ccc(N5CCOCC5)cc4)nc23)cc1. The van der Waals surface area contributed by atoms with Gasteiger partial charge in [-0.3, -0.25) is 0 Å². The van der Waals surface area contributed by atoms with Crippen molar-refractivity contribution in [2.45, 2.75) is 11.3 Å². The van der Waals surface area contributed by atoms with E-state index in [-0.39, 0.29) is 4.90 Å². The van der Waals surface area contributed by atoms with Crippen LogP contribution in [0.5, 0.6) is 0 Å². The molecule has 0 unspecified atom stereocenters. The molecule has 3 heterocycles. The third-order valence-corrected chi connectivity index (χ3v) is 7.37. The maximum Gasteiger partial charge on any atom is 0.238 e. The van der Waals surface area contributed by atoms with Crippen molar-refractivity contribution in [3.05, 3.63) is 71.5 Å². The minimum absolute atomic E-state index is 0.0941. The number of morpholine rings is 1. The summed E-state index contributed by atoms with van der Waals surface area (Å²) in [4.78, 5) is 11.8. The summed E-state index contributed by atoms with van der Waals surface area (Å²) < 4.78 is 29.5. The third-order valence-electron chi connectivity index (χ3n) is 5.53. The van der Waals surface area contributed by atoms with Gasteiger partial charge in [0, 0.05) is 42.3 Å². The van der Waals surface area contributed by atoms with Gasteiger partial charge < -0.3 is 9.64 Å². The van der Waals surface area contributed by atoms with E-state index in [2.05, 4.69) is 34.1 Å². The Bertz CT molecular complexity index is 1340. The van der Waals surface area contributed by atoms with Gasteiger partial charge in [0.2, 0.25) is 10.0 Å². The highest BCUT2D eigenvalue weighted by Crippen LogP contribution is 2.33. The third kappa shape index (κ3) is 4.37. The number of nitrogens with zero attached hydrogens (tertiary/aromatic N) is 3. The summed E-state index contributed by atoms with van der Waals surface area (Å²) in [6.45, 7) is 3.36.